The van der Waals surface area contributed by atoms with Crippen LogP contribution in [-0.4, -0.2) is 49.5 Å². The summed E-state index contributed by atoms with van der Waals surface area (Å²) in [5.41, 5.74) is 1.22. The van der Waals surface area contributed by atoms with Crippen molar-refractivity contribution in [2.45, 2.75) is 19.3 Å². The second-order valence-electron chi connectivity index (χ2n) is 5.46. The molecule has 0 fully saturated rings. The van der Waals surface area contributed by atoms with Crippen molar-refractivity contribution in [3.63, 3.8) is 0 Å². The van der Waals surface area contributed by atoms with E-state index in [0.29, 0.717) is 19.8 Å². The number of benzene rings is 1. The van der Waals surface area contributed by atoms with Crippen LogP contribution in [0.2, 0.25) is 0 Å². The third-order valence-corrected chi connectivity index (χ3v) is 3.46. The summed E-state index contributed by atoms with van der Waals surface area (Å²) in [6, 6.07) is 13.9. The van der Waals surface area contributed by atoms with Crippen molar-refractivity contribution >= 4 is 0 Å². The number of rotatable bonds is 11. The fourth-order valence-electron chi connectivity index (χ4n) is 2.34. The molecule has 0 spiro atoms. The van der Waals surface area contributed by atoms with Crippen LogP contribution >= 0.6 is 0 Å². The summed E-state index contributed by atoms with van der Waals surface area (Å²) in [5.74, 6) is 0.762. The first-order valence-electron chi connectivity index (χ1n) is 7.81. The summed E-state index contributed by atoms with van der Waals surface area (Å²) < 4.78 is 15.8. The minimum absolute atomic E-state index is 0.277. The Balaban J connectivity index is 1.76. The Hall–Kier alpha value is -1.66. The Bertz CT molecular complexity index is 515. The lowest BCUT2D eigenvalue weighted by atomic mass is 10.2. The molecule has 0 unspecified atom stereocenters. The van der Waals surface area contributed by atoms with Crippen molar-refractivity contribution in [2.75, 3.05) is 33.4 Å². The van der Waals surface area contributed by atoms with Crippen LogP contribution in [0.1, 0.15) is 11.3 Å². The summed E-state index contributed by atoms with van der Waals surface area (Å²) in [6.45, 7) is 3.36. The molecule has 1 aromatic carbocycles. The number of aliphatic hydroxyl groups is 1. The largest absolute Gasteiger partial charge is 0.467 e. The normalized spacial score (nSPS) is 12.7. The first kappa shape index (κ1) is 17.7. The van der Waals surface area contributed by atoms with Gasteiger partial charge >= 0.3 is 0 Å². The second kappa shape index (κ2) is 10.2. The minimum atomic E-state index is -0.550. The van der Waals surface area contributed by atoms with Crippen LogP contribution in [0.3, 0.4) is 0 Å². The number of nitrogens with zero attached hydrogens (tertiary/aromatic N) is 1. The van der Waals surface area contributed by atoms with Gasteiger partial charge in [0.1, 0.15) is 12.4 Å². The van der Waals surface area contributed by atoms with E-state index >= 15 is 0 Å². The Morgan fingerprint density at radius 1 is 1.17 bits per heavy atom. The Morgan fingerprint density at radius 3 is 2.70 bits per heavy atom. The fraction of sp³-hybridized carbons (Fsp3) is 0.444. The SMILES string of the molecule is COCCN(Cc1ccccc1)C[C@@H](O)COCc1ccco1. The van der Waals surface area contributed by atoms with Gasteiger partial charge in [0.15, 0.2) is 0 Å². The molecule has 126 valence electrons. The standard InChI is InChI=1S/C18H25NO4/c1-21-11-9-19(12-16-6-3-2-4-7-16)13-17(20)14-22-15-18-8-5-10-23-18/h2-8,10,17,20H,9,11-15H2,1H3/t17-/m1/s1. The minimum Gasteiger partial charge on any atom is -0.467 e. The first-order valence-corrected chi connectivity index (χ1v) is 7.81. The predicted octanol–water partition coefficient (Wildman–Crippen LogP) is 2.31. The molecule has 0 bridgehead atoms. The molecule has 0 aliphatic carbocycles. The molecule has 2 rings (SSSR count). The van der Waals surface area contributed by atoms with Crippen molar-refractivity contribution in [3.8, 4) is 0 Å². The average molecular weight is 319 g/mol. The molecular formula is C18H25NO4. The van der Waals surface area contributed by atoms with E-state index in [1.54, 1.807) is 13.4 Å². The van der Waals surface area contributed by atoms with Gasteiger partial charge < -0.3 is 19.0 Å². The van der Waals surface area contributed by atoms with Gasteiger partial charge in [0, 0.05) is 26.7 Å². The molecule has 0 saturated carbocycles. The Labute approximate surface area is 137 Å². The molecule has 0 amide bonds. The van der Waals surface area contributed by atoms with Crippen LogP contribution in [0.5, 0.6) is 0 Å². The van der Waals surface area contributed by atoms with Crippen molar-refractivity contribution in [1.82, 2.24) is 4.90 Å². The van der Waals surface area contributed by atoms with Gasteiger partial charge in [-0.3, -0.25) is 4.90 Å². The van der Waals surface area contributed by atoms with Crippen LogP contribution in [-0.2, 0) is 22.6 Å². The van der Waals surface area contributed by atoms with Gasteiger partial charge in [0.05, 0.1) is 25.6 Å². The van der Waals surface area contributed by atoms with E-state index < -0.39 is 6.10 Å². The molecule has 5 nitrogen and oxygen atoms in total. The molecule has 0 aliphatic heterocycles. The third-order valence-electron chi connectivity index (χ3n) is 3.46. The molecule has 23 heavy (non-hydrogen) atoms. The lowest BCUT2D eigenvalue weighted by molar-refractivity contribution is 0.000488. The van der Waals surface area contributed by atoms with Crippen LogP contribution in [0.15, 0.2) is 53.1 Å². The molecular weight excluding hydrogens is 294 g/mol. The second-order valence-corrected chi connectivity index (χ2v) is 5.46. The van der Waals surface area contributed by atoms with Crippen molar-refractivity contribution in [2.24, 2.45) is 0 Å². The van der Waals surface area contributed by atoms with E-state index in [4.69, 9.17) is 13.9 Å². The number of aliphatic hydroxyl groups excluding tert-OH is 1. The van der Waals surface area contributed by atoms with Gasteiger partial charge in [-0.25, -0.2) is 0 Å². The van der Waals surface area contributed by atoms with Gasteiger partial charge in [0.2, 0.25) is 0 Å². The summed E-state index contributed by atoms with van der Waals surface area (Å²) in [7, 11) is 1.68. The quantitative estimate of drug-likeness (QED) is 0.689. The number of furan rings is 1. The van der Waals surface area contributed by atoms with Gasteiger partial charge in [-0.1, -0.05) is 30.3 Å². The zero-order valence-corrected chi connectivity index (χ0v) is 13.6. The first-order chi connectivity index (χ1) is 11.3. The molecule has 1 atom stereocenters. The molecule has 0 saturated heterocycles. The van der Waals surface area contributed by atoms with Gasteiger partial charge in [-0.2, -0.15) is 0 Å². The highest BCUT2D eigenvalue weighted by Crippen LogP contribution is 2.07. The molecule has 5 heteroatoms. The average Bonchev–Trinajstić information content (AvgIpc) is 3.07. The van der Waals surface area contributed by atoms with E-state index in [-0.39, 0.29) is 6.61 Å². The maximum Gasteiger partial charge on any atom is 0.129 e. The van der Waals surface area contributed by atoms with E-state index in [1.807, 2.05) is 30.3 Å². The monoisotopic (exact) mass is 319 g/mol. The fourth-order valence-corrected chi connectivity index (χ4v) is 2.34. The summed E-state index contributed by atoms with van der Waals surface area (Å²) in [5, 5.41) is 10.2. The number of ether oxygens (including phenoxy) is 2. The topological polar surface area (TPSA) is 55.1 Å². The molecule has 1 N–H and O–H groups in total. The molecule has 0 radical (unpaired) electrons. The van der Waals surface area contributed by atoms with Crippen molar-refractivity contribution in [3.05, 3.63) is 60.1 Å². The smallest absolute Gasteiger partial charge is 0.129 e. The van der Waals surface area contributed by atoms with Gasteiger partial charge in [-0.05, 0) is 17.7 Å². The van der Waals surface area contributed by atoms with E-state index in [9.17, 15) is 5.11 Å². The van der Waals surface area contributed by atoms with Crippen LogP contribution in [0.4, 0.5) is 0 Å². The molecule has 0 aliphatic rings. The van der Waals surface area contributed by atoms with Gasteiger partial charge in [-0.15, -0.1) is 0 Å². The maximum atomic E-state index is 10.2. The highest BCUT2D eigenvalue weighted by molar-refractivity contribution is 5.14. The summed E-state index contributed by atoms with van der Waals surface area (Å²) >= 11 is 0. The molecule has 1 aromatic heterocycles. The predicted molar refractivity (Wildman–Crippen MR) is 88.0 cm³/mol. The van der Waals surface area contributed by atoms with Crippen molar-refractivity contribution in [1.29, 1.82) is 0 Å². The van der Waals surface area contributed by atoms with Crippen LogP contribution in [0, 0.1) is 0 Å². The van der Waals surface area contributed by atoms with Crippen LogP contribution in [0.25, 0.3) is 0 Å². The highest BCUT2D eigenvalue weighted by atomic mass is 16.5. The number of methoxy groups -OCH3 is 1. The highest BCUT2D eigenvalue weighted by Gasteiger charge is 2.13. The van der Waals surface area contributed by atoms with E-state index in [1.165, 1.54) is 5.56 Å². The zero-order valence-electron chi connectivity index (χ0n) is 13.6. The molecule has 2 aromatic rings. The lowest BCUT2D eigenvalue weighted by Crippen LogP contribution is -2.36. The number of hydrogen-bond acceptors (Lipinski definition) is 5. The molecule has 1 heterocycles. The number of hydrogen-bond donors (Lipinski definition) is 1. The summed E-state index contributed by atoms with van der Waals surface area (Å²) in [6.07, 6.45) is 1.06. The van der Waals surface area contributed by atoms with E-state index in [2.05, 4.69) is 17.0 Å². The van der Waals surface area contributed by atoms with Gasteiger partial charge in [0.25, 0.3) is 0 Å². The zero-order chi connectivity index (χ0) is 16.3. The van der Waals surface area contributed by atoms with E-state index in [0.717, 1.165) is 18.8 Å². The Morgan fingerprint density at radius 2 is 2.00 bits per heavy atom. The van der Waals surface area contributed by atoms with Crippen LogP contribution < -0.4 is 0 Å². The van der Waals surface area contributed by atoms with Crippen molar-refractivity contribution < 1.29 is 19.0 Å². The maximum absolute atomic E-state index is 10.2. The Kier molecular flexibility index (Phi) is 7.83. The third kappa shape index (κ3) is 6.97. The lowest BCUT2D eigenvalue weighted by Gasteiger charge is -2.24. The summed E-state index contributed by atoms with van der Waals surface area (Å²) in [4.78, 5) is 2.17.